The van der Waals surface area contributed by atoms with Crippen molar-refractivity contribution in [1.29, 1.82) is 0 Å². The third-order valence-corrected chi connectivity index (χ3v) is 5.25. The number of likely N-dealkylation sites (tertiary alicyclic amines) is 1. The lowest BCUT2D eigenvalue weighted by Gasteiger charge is -2.15. The minimum Gasteiger partial charge on any atom is -0.335 e. The Labute approximate surface area is 147 Å². The summed E-state index contributed by atoms with van der Waals surface area (Å²) in [4.78, 5) is 27.9. The number of nitrogens with one attached hydrogen (secondary N) is 1. The van der Waals surface area contributed by atoms with Crippen molar-refractivity contribution in [2.24, 2.45) is 11.8 Å². The number of aromatic amines is 1. The number of hydrogen-bond acceptors (Lipinski definition) is 5. The van der Waals surface area contributed by atoms with E-state index in [1.54, 1.807) is 12.3 Å². The number of carbonyl (C=O) groups excluding carboxylic acids is 1. The second-order valence-corrected chi connectivity index (χ2v) is 7.57. The van der Waals surface area contributed by atoms with E-state index in [9.17, 15) is 4.79 Å². The second-order valence-electron chi connectivity index (χ2n) is 7.57. The number of aromatic nitrogens is 5. The van der Waals surface area contributed by atoms with Crippen LogP contribution < -0.4 is 0 Å². The van der Waals surface area contributed by atoms with Gasteiger partial charge in [0.05, 0.1) is 0 Å². The molecule has 7 heteroatoms. The van der Waals surface area contributed by atoms with Gasteiger partial charge in [-0.3, -0.25) is 9.89 Å². The molecule has 0 bridgehead atoms. The molecule has 0 aromatic carbocycles. The van der Waals surface area contributed by atoms with Crippen molar-refractivity contribution in [3.8, 4) is 0 Å². The van der Waals surface area contributed by atoms with E-state index in [1.807, 2.05) is 11.8 Å². The van der Waals surface area contributed by atoms with Crippen molar-refractivity contribution in [1.82, 2.24) is 30.0 Å². The Hall–Kier alpha value is -2.31. The lowest BCUT2D eigenvalue weighted by Crippen LogP contribution is -2.30. The van der Waals surface area contributed by atoms with E-state index in [1.165, 1.54) is 12.8 Å². The van der Waals surface area contributed by atoms with Crippen LogP contribution >= 0.6 is 0 Å². The zero-order valence-corrected chi connectivity index (χ0v) is 14.9. The molecule has 1 N–H and O–H groups in total. The zero-order chi connectivity index (χ0) is 17.6. The largest absolute Gasteiger partial charge is 0.335 e. The Kier molecular flexibility index (Phi) is 4.01. The van der Waals surface area contributed by atoms with Crippen LogP contribution in [-0.2, 0) is 0 Å². The number of carbonyl (C=O) groups is 1. The number of rotatable bonds is 4. The van der Waals surface area contributed by atoms with Crippen LogP contribution in [0.3, 0.4) is 0 Å². The fourth-order valence-corrected chi connectivity index (χ4v) is 3.69. The van der Waals surface area contributed by atoms with E-state index in [2.05, 4.69) is 34.0 Å². The molecule has 1 aliphatic carbocycles. The number of hydrogen-bond donors (Lipinski definition) is 1. The zero-order valence-electron chi connectivity index (χ0n) is 14.9. The molecule has 7 nitrogen and oxygen atoms in total. The van der Waals surface area contributed by atoms with Crippen LogP contribution in [0, 0.1) is 18.8 Å². The second kappa shape index (κ2) is 6.20. The summed E-state index contributed by atoms with van der Waals surface area (Å²) in [6, 6.07) is 1.80. The highest BCUT2D eigenvalue weighted by Crippen LogP contribution is 2.47. The van der Waals surface area contributed by atoms with Crippen LogP contribution in [0.2, 0.25) is 0 Å². The predicted octanol–water partition coefficient (Wildman–Crippen LogP) is 2.29. The Bertz CT molecular complexity index is 781. The molecule has 4 rings (SSSR count). The first kappa shape index (κ1) is 16.2. The molecular weight excluding hydrogens is 316 g/mol. The lowest BCUT2D eigenvalue weighted by atomic mass is 9.91. The van der Waals surface area contributed by atoms with Crippen LogP contribution in [0.1, 0.15) is 66.5 Å². The molecule has 1 aliphatic heterocycles. The Morgan fingerprint density at radius 2 is 2.08 bits per heavy atom. The maximum absolute atomic E-state index is 12.8. The van der Waals surface area contributed by atoms with Gasteiger partial charge in [-0.05, 0) is 37.7 Å². The number of nitrogens with zero attached hydrogens (tertiary/aromatic N) is 5. The van der Waals surface area contributed by atoms with Gasteiger partial charge in [0.15, 0.2) is 5.82 Å². The Balaban J connectivity index is 1.57. The summed E-state index contributed by atoms with van der Waals surface area (Å²) in [5.41, 5.74) is 0.810. The molecule has 3 heterocycles. The topological polar surface area (TPSA) is 87.7 Å². The van der Waals surface area contributed by atoms with E-state index in [-0.39, 0.29) is 17.6 Å². The number of aryl methyl sites for hydroxylation is 1. The van der Waals surface area contributed by atoms with Crippen molar-refractivity contribution in [2.75, 3.05) is 13.1 Å². The van der Waals surface area contributed by atoms with Gasteiger partial charge < -0.3 is 4.90 Å². The molecular formula is C18H24N6O. The highest BCUT2D eigenvalue weighted by molar-refractivity contribution is 5.90. The van der Waals surface area contributed by atoms with Crippen LogP contribution in [-0.4, -0.2) is 49.0 Å². The van der Waals surface area contributed by atoms with Crippen molar-refractivity contribution < 1.29 is 4.79 Å². The van der Waals surface area contributed by atoms with Crippen molar-refractivity contribution >= 4 is 5.91 Å². The molecule has 2 aliphatic rings. The van der Waals surface area contributed by atoms with Crippen molar-refractivity contribution in [3.05, 3.63) is 35.4 Å². The van der Waals surface area contributed by atoms with Crippen molar-refractivity contribution in [2.45, 2.75) is 45.4 Å². The Morgan fingerprint density at radius 3 is 2.72 bits per heavy atom. The van der Waals surface area contributed by atoms with Gasteiger partial charge in [-0.15, -0.1) is 0 Å². The molecule has 0 radical (unpaired) electrons. The minimum atomic E-state index is -0.0829. The highest BCUT2D eigenvalue weighted by Gasteiger charge is 2.46. The third-order valence-electron chi connectivity index (χ3n) is 5.25. The third kappa shape index (κ3) is 3.15. The molecule has 2 fully saturated rings. The van der Waals surface area contributed by atoms with Gasteiger partial charge in [-0.1, -0.05) is 13.8 Å². The summed E-state index contributed by atoms with van der Waals surface area (Å²) in [5.74, 6) is 3.62. The summed E-state index contributed by atoms with van der Waals surface area (Å²) >= 11 is 0. The quantitative estimate of drug-likeness (QED) is 0.922. The standard InChI is InChI=1S/C18H24N6O/c1-10(2)15-21-16(23-22-15)14-9-24(8-13(14)12-4-5-12)18(25)17-19-7-6-11(3)20-17/h6-7,10,12-14H,4-5,8-9H2,1-3H3,(H,21,22,23)/t13-,14+/m1/s1. The Morgan fingerprint density at radius 1 is 1.28 bits per heavy atom. The summed E-state index contributed by atoms with van der Waals surface area (Å²) in [7, 11) is 0. The van der Waals surface area contributed by atoms with Crippen molar-refractivity contribution in [3.63, 3.8) is 0 Å². The average molecular weight is 340 g/mol. The lowest BCUT2D eigenvalue weighted by molar-refractivity contribution is 0.0772. The normalized spacial score (nSPS) is 23.4. The maximum Gasteiger partial charge on any atom is 0.291 e. The SMILES string of the molecule is Cc1ccnc(C(=O)N2C[C@H](c3nc(C(C)C)n[nH]3)[C@@H](C3CC3)C2)n1. The molecule has 0 unspecified atom stereocenters. The summed E-state index contributed by atoms with van der Waals surface area (Å²) < 4.78 is 0. The summed E-state index contributed by atoms with van der Waals surface area (Å²) in [6.45, 7) is 7.46. The van der Waals surface area contributed by atoms with E-state index >= 15 is 0 Å². The van der Waals surface area contributed by atoms with Gasteiger partial charge in [0, 0.05) is 36.8 Å². The maximum atomic E-state index is 12.8. The van der Waals surface area contributed by atoms with Gasteiger partial charge in [0.25, 0.3) is 5.91 Å². The van der Waals surface area contributed by atoms with Crippen LogP contribution in [0.25, 0.3) is 0 Å². The van der Waals surface area contributed by atoms with Gasteiger partial charge >= 0.3 is 0 Å². The fraction of sp³-hybridized carbons (Fsp3) is 0.611. The van der Waals surface area contributed by atoms with Crippen LogP contribution in [0.15, 0.2) is 12.3 Å². The number of amides is 1. The number of H-pyrrole nitrogens is 1. The van der Waals surface area contributed by atoms with E-state index in [4.69, 9.17) is 4.98 Å². The summed E-state index contributed by atoms with van der Waals surface area (Å²) in [5, 5.41) is 7.47. The average Bonchev–Trinajstić information content (AvgIpc) is 3.15. The molecule has 1 saturated heterocycles. The smallest absolute Gasteiger partial charge is 0.291 e. The first-order chi connectivity index (χ1) is 12.0. The molecule has 2 aromatic rings. The molecule has 0 spiro atoms. The van der Waals surface area contributed by atoms with E-state index in [0.717, 1.165) is 23.9 Å². The van der Waals surface area contributed by atoms with E-state index < -0.39 is 0 Å². The van der Waals surface area contributed by atoms with Gasteiger partial charge in [0.1, 0.15) is 5.82 Å². The van der Waals surface area contributed by atoms with E-state index in [0.29, 0.717) is 24.3 Å². The molecule has 2 atom stereocenters. The monoisotopic (exact) mass is 340 g/mol. The predicted molar refractivity (Wildman–Crippen MR) is 92.1 cm³/mol. The van der Waals surface area contributed by atoms with Crippen LogP contribution in [0.5, 0.6) is 0 Å². The van der Waals surface area contributed by atoms with Crippen LogP contribution in [0.4, 0.5) is 0 Å². The minimum absolute atomic E-state index is 0.0829. The fourth-order valence-electron chi connectivity index (χ4n) is 3.69. The highest BCUT2D eigenvalue weighted by atomic mass is 16.2. The molecule has 1 amide bonds. The van der Waals surface area contributed by atoms with Gasteiger partial charge in [-0.2, -0.15) is 5.10 Å². The first-order valence-corrected chi connectivity index (χ1v) is 9.04. The molecule has 25 heavy (non-hydrogen) atoms. The summed E-state index contributed by atoms with van der Waals surface area (Å²) in [6.07, 6.45) is 4.14. The van der Waals surface area contributed by atoms with Gasteiger partial charge in [-0.25, -0.2) is 15.0 Å². The van der Waals surface area contributed by atoms with Gasteiger partial charge in [0.2, 0.25) is 5.82 Å². The first-order valence-electron chi connectivity index (χ1n) is 9.04. The molecule has 132 valence electrons. The molecule has 2 aromatic heterocycles. The molecule has 1 saturated carbocycles.